The lowest BCUT2D eigenvalue weighted by Crippen LogP contribution is -2.51. The van der Waals surface area contributed by atoms with Crippen LogP contribution in [0.3, 0.4) is 0 Å². The molecule has 0 radical (unpaired) electrons. The van der Waals surface area contributed by atoms with Gasteiger partial charge in [0.15, 0.2) is 0 Å². The van der Waals surface area contributed by atoms with Gasteiger partial charge in [-0.05, 0) is 13.3 Å². The summed E-state index contributed by atoms with van der Waals surface area (Å²) in [7, 11) is 0. The van der Waals surface area contributed by atoms with Crippen molar-refractivity contribution >= 4 is 0 Å². The van der Waals surface area contributed by atoms with Crippen LogP contribution in [0, 0.1) is 0 Å². The molecular weight excluding hydrogens is 164 g/mol. The standard InChI is InChI=1S/C10H22N2O/c1-3-10-9-11-5-6-12(10)7-8-13-4-2/h10-11H,3-9H2,1-2H3/t10-/m0/s1. The molecular formula is C10H22N2O. The van der Waals surface area contributed by atoms with E-state index in [9.17, 15) is 0 Å². The summed E-state index contributed by atoms with van der Waals surface area (Å²) in [5, 5.41) is 3.42. The normalized spacial score (nSPS) is 24.9. The molecule has 0 saturated carbocycles. The van der Waals surface area contributed by atoms with E-state index in [1.807, 2.05) is 0 Å². The van der Waals surface area contributed by atoms with E-state index in [0.29, 0.717) is 6.04 Å². The van der Waals surface area contributed by atoms with Gasteiger partial charge in [-0.25, -0.2) is 0 Å². The largest absolute Gasteiger partial charge is 0.380 e. The average Bonchev–Trinajstić information content (AvgIpc) is 2.19. The molecule has 1 saturated heterocycles. The molecule has 0 aliphatic carbocycles. The molecule has 0 spiro atoms. The lowest BCUT2D eigenvalue weighted by atomic mass is 10.1. The molecule has 1 fully saturated rings. The first kappa shape index (κ1) is 11.0. The minimum Gasteiger partial charge on any atom is -0.380 e. The molecule has 1 aliphatic heterocycles. The second kappa shape index (κ2) is 6.35. The van der Waals surface area contributed by atoms with Crippen molar-refractivity contribution in [2.75, 3.05) is 39.4 Å². The molecule has 1 rings (SSSR count). The zero-order chi connectivity index (χ0) is 9.52. The van der Waals surface area contributed by atoms with Crippen LogP contribution >= 0.6 is 0 Å². The highest BCUT2D eigenvalue weighted by atomic mass is 16.5. The molecule has 0 bridgehead atoms. The summed E-state index contributed by atoms with van der Waals surface area (Å²) >= 11 is 0. The smallest absolute Gasteiger partial charge is 0.0593 e. The van der Waals surface area contributed by atoms with Crippen LogP contribution in [0.1, 0.15) is 20.3 Å². The van der Waals surface area contributed by atoms with Crippen LogP contribution in [0.2, 0.25) is 0 Å². The number of ether oxygens (including phenoxy) is 1. The zero-order valence-electron chi connectivity index (χ0n) is 8.88. The van der Waals surface area contributed by atoms with Crippen molar-refractivity contribution in [1.29, 1.82) is 0 Å². The van der Waals surface area contributed by atoms with Crippen LogP contribution in [0.25, 0.3) is 0 Å². The van der Waals surface area contributed by atoms with Gasteiger partial charge in [-0.15, -0.1) is 0 Å². The van der Waals surface area contributed by atoms with Crippen molar-refractivity contribution in [2.45, 2.75) is 26.3 Å². The zero-order valence-corrected chi connectivity index (χ0v) is 8.88. The van der Waals surface area contributed by atoms with Crippen molar-refractivity contribution < 1.29 is 4.74 Å². The van der Waals surface area contributed by atoms with Gasteiger partial charge in [0, 0.05) is 38.8 Å². The maximum atomic E-state index is 5.37. The molecule has 3 heteroatoms. The summed E-state index contributed by atoms with van der Waals surface area (Å²) in [4.78, 5) is 2.53. The number of piperazine rings is 1. The SMILES string of the molecule is CCOCCN1CCNC[C@@H]1CC. The van der Waals surface area contributed by atoms with E-state index in [0.717, 1.165) is 32.8 Å². The van der Waals surface area contributed by atoms with Gasteiger partial charge in [-0.2, -0.15) is 0 Å². The van der Waals surface area contributed by atoms with Gasteiger partial charge in [0.2, 0.25) is 0 Å². The quantitative estimate of drug-likeness (QED) is 0.640. The fourth-order valence-electron chi connectivity index (χ4n) is 1.83. The van der Waals surface area contributed by atoms with Crippen LogP contribution in [-0.2, 0) is 4.74 Å². The molecule has 13 heavy (non-hydrogen) atoms. The summed E-state index contributed by atoms with van der Waals surface area (Å²) in [6.45, 7) is 10.6. The Balaban J connectivity index is 2.19. The van der Waals surface area contributed by atoms with Crippen molar-refractivity contribution in [1.82, 2.24) is 10.2 Å². The number of hydrogen-bond acceptors (Lipinski definition) is 3. The Labute approximate surface area is 81.4 Å². The first-order valence-corrected chi connectivity index (χ1v) is 5.41. The van der Waals surface area contributed by atoms with Gasteiger partial charge in [-0.3, -0.25) is 4.90 Å². The van der Waals surface area contributed by atoms with Gasteiger partial charge in [0.05, 0.1) is 6.61 Å². The van der Waals surface area contributed by atoms with Crippen LogP contribution in [0.4, 0.5) is 0 Å². The first-order valence-electron chi connectivity index (χ1n) is 5.41. The number of nitrogens with one attached hydrogen (secondary N) is 1. The van der Waals surface area contributed by atoms with E-state index < -0.39 is 0 Å². The van der Waals surface area contributed by atoms with Crippen LogP contribution in [0.15, 0.2) is 0 Å². The molecule has 3 nitrogen and oxygen atoms in total. The van der Waals surface area contributed by atoms with E-state index in [1.165, 1.54) is 13.0 Å². The molecule has 1 N–H and O–H groups in total. The summed E-state index contributed by atoms with van der Waals surface area (Å²) in [6, 6.07) is 0.717. The van der Waals surface area contributed by atoms with Crippen LogP contribution in [-0.4, -0.2) is 50.3 Å². The molecule has 0 unspecified atom stereocenters. The third-order valence-corrected chi connectivity index (χ3v) is 2.67. The van der Waals surface area contributed by atoms with Crippen LogP contribution < -0.4 is 5.32 Å². The Morgan fingerprint density at radius 2 is 2.31 bits per heavy atom. The second-order valence-corrected chi connectivity index (χ2v) is 3.50. The Morgan fingerprint density at radius 3 is 3.00 bits per heavy atom. The number of hydrogen-bond donors (Lipinski definition) is 1. The van der Waals surface area contributed by atoms with Crippen molar-refractivity contribution in [2.24, 2.45) is 0 Å². The molecule has 1 heterocycles. The first-order chi connectivity index (χ1) is 6.38. The predicted octanol–water partition coefficient (Wildman–Crippen LogP) is 0.707. The minimum atomic E-state index is 0.717. The Morgan fingerprint density at radius 1 is 1.46 bits per heavy atom. The number of rotatable bonds is 5. The maximum Gasteiger partial charge on any atom is 0.0593 e. The highest BCUT2D eigenvalue weighted by molar-refractivity contribution is 4.78. The van der Waals surface area contributed by atoms with Gasteiger partial charge < -0.3 is 10.1 Å². The van der Waals surface area contributed by atoms with E-state index in [2.05, 4.69) is 24.1 Å². The molecule has 0 amide bonds. The predicted molar refractivity (Wildman–Crippen MR) is 55.0 cm³/mol. The summed E-state index contributed by atoms with van der Waals surface area (Å²) in [5.41, 5.74) is 0. The van der Waals surface area contributed by atoms with Gasteiger partial charge in [-0.1, -0.05) is 6.92 Å². The lowest BCUT2D eigenvalue weighted by Gasteiger charge is -2.35. The second-order valence-electron chi connectivity index (χ2n) is 3.50. The Hall–Kier alpha value is -0.120. The fraction of sp³-hybridized carbons (Fsp3) is 1.00. The molecule has 0 aromatic rings. The Kier molecular flexibility index (Phi) is 5.35. The van der Waals surface area contributed by atoms with Crippen molar-refractivity contribution in [3.63, 3.8) is 0 Å². The summed E-state index contributed by atoms with van der Waals surface area (Å²) in [5.74, 6) is 0. The van der Waals surface area contributed by atoms with Gasteiger partial charge in [0.1, 0.15) is 0 Å². The fourth-order valence-corrected chi connectivity index (χ4v) is 1.83. The monoisotopic (exact) mass is 186 g/mol. The molecule has 0 aromatic heterocycles. The van der Waals surface area contributed by atoms with Crippen LogP contribution in [0.5, 0.6) is 0 Å². The van der Waals surface area contributed by atoms with E-state index in [1.54, 1.807) is 0 Å². The summed E-state index contributed by atoms with van der Waals surface area (Å²) in [6.07, 6.45) is 1.24. The Bertz CT molecular complexity index is 130. The molecule has 0 aromatic carbocycles. The topological polar surface area (TPSA) is 24.5 Å². The average molecular weight is 186 g/mol. The van der Waals surface area contributed by atoms with E-state index in [-0.39, 0.29) is 0 Å². The maximum absolute atomic E-state index is 5.37. The van der Waals surface area contributed by atoms with E-state index >= 15 is 0 Å². The third kappa shape index (κ3) is 3.63. The van der Waals surface area contributed by atoms with Gasteiger partial charge >= 0.3 is 0 Å². The van der Waals surface area contributed by atoms with E-state index in [4.69, 9.17) is 4.74 Å². The molecule has 78 valence electrons. The third-order valence-electron chi connectivity index (χ3n) is 2.67. The number of nitrogens with zero attached hydrogens (tertiary/aromatic N) is 1. The highest BCUT2D eigenvalue weighted by Gasteiger charge is 2.19. The van der Waals surface area contributed by atoms with Crippen molar-refractivity contribution in [3.05, 3.63) is 0 Å². The minimum absolute atomic E-state index is 0.717. The van der Waals surface area contributed by atoms with Crippen molar-refractivity contribution in [3.8, 4) is 0 Å². The highest BCUT2D eigenvalue weighted by Crippen LogP contribution is 2.05. The summed E-state index contributed by atoms with van der Waals surface area (Å²) < 4.78 is 5.37. The molecule has 1 atom stereocenters. The lowest BCUT2D eigenvalue weighted by molar-refractivity contribution is 0.0818. The molecule has 1 aliphatic rings. The van der Waals surface area contributed by atoms with Gasteiger partial charge in [0.25, 0.3) is 0 Å².